The Labute approximate surface area is 72.4 Å². The number of esters is 1. The van der Waals surface area contributed by atoms with Gasteiger partial charge in [0.2, 0.25) is 0 Å². The van der Waals surface area contributed by atoms with E-state index in [2.05, 4.69) is 6.58 Å². The largest absolute Gasteiger partial charge is 0.462 e. The summed E-state index contributed by atoms with van der Waals surface area (Å²) in [6.45, 7) is 4.70. The normalized spacial score (nSPS) is 8.92. The fraction of sp³-hybridized carbons (Fsp3) is 0.625. The minimum absolute atomic E-state index is 0. The average Bonchev–Trinajstić information content (AvgIpc) is 1.97. The molecule has 0 aliphatic heterocycles. The van der Waals surface area contributed by atoms with E-state index < -0.39 is 0 Å². The molecule has 0 saturated heterocycles. The van der Waals surface area contributed by atoms with Crippen molar-refractivity contribution in [2.24, 2.45) is 0 Å². The number of hydrogen-bond acceptors (Lipinski definition) is 3. The molecule has 0 aliphatic carbocycles. The number of nitrogens with zero attached hydrogens (tertiary/aromatic N) is 1. The van der Waals surface area contributed by atoms with E-state index in [1.807, 2.05) is 19.0 Å². The van der Waals surface area contributed by atoms with Gasteiger partial charge in [-0.3, -0.25) is 4.70 Å². The van der Waals surface area contributed by atoms with Crippen LogP contribution in [0.5, 0.6) is 0 Å². The van der Waals surface area contributed by atoms with Crippen LogP contribution in [-0.4, -0.2) is 38.1 Å². The van der Waals surface area contributed by atoms with Gasteiger partial charge in [-0.15, -0.1) is 0 Å². The van der Waals surface area contributed by atoms with Crippen molar-refractivity contribution >= 4 is 5.97 Å². The Balaban J connectivity index is 0. The topological polar surface area (TPSA) is 29.5 Å². The average molecular weight is 177 g/mol. The zero-order valence-electron chi connectivity index (χ0n) is 7.58. The lowest BCUT2D eigenvalue weighted by Crippen LogP contribution is -2.15. The zero-order valence-corrected chi connectivity index (χ0v) is 7.58. The third-order valence-electron chi connectivity index (χ3n) is 1.16. The van der Waals surface area contributed by atoms with Crippen molar-refractivity contribution in [3.05, 3.63) is 12.7 Å². The second kappa shape index (κ2) is 8.20. The molecule has 0 bridgehead atoms. The van der Waals surface area contributed by atoms with Crippen LogP contribution in [0.25, 0.3) is 0 Å². The van der Waals surface area contributed by atoms with E-state index in [0.29, 0.717) is 6.61 Å². The Bertz CT molecular complexity index is 137. The summed E-state index contributed by atoms with van der Waals surface area (Å²) in [4.78, 5) is 12.5. The number of hydrogen-bond donors (Lipinski definition) is 0. The maximum Gasteiger partial charge on any atom is 0.330 e. The summed E-state index contributed by atoms with van der Waals surface area (Å²) >= 11 is 0. The maximum absolute atomic E-state index is 10.5. The van der Waals surface area contributed by atoms with Gasteiger partial charge in [0, 0.05) is 12.6 Å². The first kappa shape index (κ1) is 13.7. The lowest BCUT2D eigenvalue weighted by atomic mass is 10.4. The highest BCUT2D eigenvalue weighted by molar-refractivity contribution is 5.81. The lowest BCUT2D eigenvalue weighted by Gasteiger charge is -2.08. The van der Waals surface area contributed by atoms with Crippen molar-refractivity contribution in [2.45, 2.75) is 6.42 Å². The Hall–Kier alpha value is -0.900. The summed E-state index contributed by atoms with van der Waals surface area (Å²) in [6.07, 6.45) is 2.04. The Morgan fingerprint density at radius 2 is 2.17 bits per heavy atom. The van der Waals surface area contributed by atoms with Gasteiger partial charge in [-0.25, -0.2) is 4.79 Å². The molecular formula is C8H16FNO2. The summed E-state index contributed by atoms with van der Waals surface area (Å²) in [5.41, 5.74) is 0. The predicted octanol–water partition coefficient (Wildman–Crippen LogP) is 0.820. The third kappa shape index (κ3) is 9.10. The van der Waals surface area contributed by atoms with Crippen molar-refractivity contribution in [1.29, 1.82) is 0 Å². The smallest absolute Gasteiger partial charge is 0.330 e. The summed E-state index contributed by atoms with van der Waals surface area (Å²) in [6, 6.07) is 0. The van der Waals surface area contributed by atoms with Crippen LogP contribution in [0.4, 0.5) is 4.70 Å². The van der Waals surface area contributed by atoms with Crippen molar-refractivity contribution in [3.63, 3.8) is 0 Å². The molecule has 72 valence electrons. The molecule has 0 N–H and O–H groups in total. The molecule has 0 aliphatic rings. The molecule has 0 radical (unpaired) electrons. The van der Waals surface area contributed by atoms with Crippen molar-refractivity contribution < 1.29 is 14.2 Å². The number of ether oxygens (including phenoxy) is 1. The number of carbonyl (C=O) groups excluding carboxylic acids is 1. The van der Waals surface area contributed by atoms with Crippen LogP contribution in [-0.2, 0) is 9.53 Å². The Morgan fingerprint density at radius 3 is 2.58 bits per heavy atom. The molecule has 0 aromatic rings. The molecule has 0 fully saturated rings. The number of rotatable bonds is 5. The minimum atomic E-state index is -0.344. The van der Waals surface area contributed by atoms with E-state index in [1.165, 1.54) is 6.08 Å². The first-order chi connectivity index (χ1) is 5.16. The molecule has 0 spiro atoms. The van der Waals surface area contributed by atoms with Crippen LogP contribution in [0.2, 0.25) is 0 Å². The molecule has 0 saturated carbocycles. The summed E-state index contributed by atoms with van der Waals surface area (Å²) in [5, 5.41) is 0. The van der Waals surface area contributed by atoms with Crippen LogP contribution in [0.1, 0.15) is 6.42 Å². The standard InChI is InChI=1S/C8H15NO2.FH/c1-4-8(10)11-7-5-6-9(2)3;/h4H,1,5-7H2,2-3H3;1H. The number of carbonyl (C=O) groups is 1. The Morgan fingerprint density at radius 1 is 1.58 bits per heavy atom. The van der Waals surface area contributed by atoms with Crippen molar-refractivity contribution in [3.8, 4) is 0 Å². The van der Waals surface area contributed by atoms with Crippen LogP contribution < -0.4 is 0 Å². The van der Waals surface area contributed by atoms with Gasteiger partial charge in [0.15, 0.2) is 0 Å². The highest BCUT2D eigenvalue weighted by Crippen LogP contribution is 1.86. The lowest BCUT2D eigenvalue weighted by molar-refractivity contribution is -0.137. The quantitative estimate of drug-likeness (QED) is 0.354. The van der Waals surface area contributed by atoms with Gasteiger partial charge in [-0.2, -0.15) is 0 Å². The SMILES string of the molecule is C=CC(=O)OCCCN(C)C.F. The molecule has 0 heterocycles. The fourth-order valence-electron chi connectivity index (χ4n) is 0.612. The Kier molecular flexibility index (Phi) is 9.34. The van der Waals surface area contributed by atoms with Gasteiger partial charge in [-0.1, -0.05) is 6.58 Å². The van der Waals surface area contributed by atoms with E-state index in [9.17, 15) is 4.79 Å². The van der Waals surface area contributed by atoms with Gasteiger partial charge in [-0.05, 0) is 20.5 Å². The van der Waals surface area contributed by atoms with Crippen molar-refractivity contribution in [1.82, 2.24) is 4.90 Å². The van der Waals surface area contributed by atoms with Crippen LogP contribution in [0.15, 0.2) is 12.7 Å². The molecular weight excluding hydrogens is 161 g/mol. The van der Waals surface area contributed by atoms with E-state index in [0.717, 1.165) is 13.0 Å². The summed E-state index contributed by atoms with van der Waals surface area (Å²) in [7, 11) is 3.96. The van der Waals surface area contributed by atoms with Crippen LogP contribution >= 0.6 is 0 Å². The van der Waals surface area contributed by atoms with Gasteiger partial charge < -0.3 is 9.64 Å². The summed E-state index contributed by atoms with van der Waals surface area (Å²) < 4.78 is 4.76. The molecule has 0 rings (SSSR count). The molecule has 3 nitrogen and oxygen atoms in total. The number of halogens is 1. The predicted molar refractivity (Wildman–Crippen MR) is 46.8 cm³/mol. The highest BCUT2D eigenvalue weighted by atomic mass is 19.0. The summed E-state index contributed by atoms with van der Waals surface area (Å²) in [5.74, 6) is -0.344. The second-order valence-corrected chi connectivity index (χ2v) is 2.53. The van der Waals surface area contributed by atoms with Crippen LogP contribution in [0, 0.1) is 0 Å². The second-order valence-electron chi connectivity index (χ2n) is 2.53. The van der Waals surface area contributed by atoms with E-state index in [4.69, 9.17) is 4.74 Å². The maximum atomic E-state index is 10.5. The van der Waals surface area contributed by atoms with Crippen LogP contribution in [0.3, 0.4) is 0 Å². The van der Waals surface area contributed by atoms with Gasteiger partial charge >= 0.3 is 5.97 Å². The van der Waals surface area contributed by atoms with Gasteiger partial charge in [0.25, 0.3) is 0 Å². The minimum Gasteiger partial charge on any atom is -0.462 e. The molecule has 0 aromatic carbocycles. The highest BCUT2D eigenvalue weighted by Gasteiger charge is 1.94. The molecule has 0 atom stereocenters. The monoisotopic (exact) mass is 177 g/mol. The molecule has 12 heavy (non-hydrogen) atoms. The molecule has 0 unspecified atom stereocenters. The molecule has 0 aromatic heterocycles. The molecule has 0 amide bonds. The van der Waals surface area contributed by atoms with E-state index >= 15 is 0 Å². The molecule has 4 heteroatoms. The van der Waals surface area contributed by atoms with E-state index in [-0.39, 0.29) is 10.7 Å². The van der Waals surface area contributed by atoms with E-state index in [1.54, 1.807) is 0 Å². The third-order valence-corrected chi connectivity index (χ3v) is 1.16. The first-order valence-electron chi connectivity index (χ1n) is 3.60. The zero-order chi connectivity index (χ0) is 8.69. The van der Waals surface area contributed by atoms with Gasteiger partial charge in [0.05, 0.1) is 6.61 Å². The van der Waals surface area contributed by atoms with Gasteiger partial charge in [0.1, 0.15) is 0 Å². The van der Waals surface area contributed by atoms with Crippen molar-refractivity contribution in [2.75, 3.05) is 27.2 Å². The first-order valence-corrected chi connectivity index (χ1v) is 3.60. The fourth-order valence-corrected chi connectivity index (χ4v) is 0.612.